The van der Waals surface area contributed by atoms with Crippen molar-refractivity contribution >= 4 is 49.1 Å². The standard InChI is InChI=1S/C15H11Br2N5O/c16-10-7-12(21-13(10)17)15(23)19-5-1-3-9-8-20-14-11(18)4-2-6-22(9)14/h2,4,6-8,21H,5,18H2,(H,19,23). The number of nitrogens with zero attached hydrogens (tertiary/aromatic N) is 2. The molecule has 0 saturated heterocycles. The van der Waals surface area contributed by atoms with E-state index in [0.29, 0.717) is 22.7 Å². The number of nitrogen functional groups attached to an aromatic ring is 1. The summed E-state index contributed by atoms with van der Waals surface area (Å²) in [7, 11) is 0. The van der Waals surface area contributed by atoms with Crippen LogP contribution in [0, 0.1) is 11.8 Å². The number of H-pyrrole nitrogens is 1. The van der Waals surface area contributed by atoms with Crippen molar-refractivity contribution in [3.63, 3.8) is 0 Å². The number of aromatic nitrogens is 3. The molecule has 3 heterocycles. The number of fused-ring (bicyclic) bond motifs is 1. The molecule has 3 aromatic rings. The fraction of sp³-hybridized carbons (Fsp3) is 0.0667. The lowest BCUT2D eigenvalue weighted by Crippen LogP contribution is -2.23. The van der Waals surface area contributed by atoms with Gasteiger partial charge in [-0.15, -0.1) is 0 Å². The largest absolute Gasteiger partial charge is 0.396 e. The number of amides is 1. The zero-order chi connectivity index (χ0) is 16.4. The van der Waals surface area contributed by atoms with Gasteiger partial charge in [0.15, 0.2) is 5.65 Å². The average Bonchev–Trinajstić information content (AvgIpc) is 3.09. The van der Waals surface area contributed by atoms with Gasteiger partial charge in [-0.2, -0.15) is 0 Å². The molecule has 23 heavy (non-hydrogen) atoms. The lowest BCUT2D eigenvalue weighted by Gasteiger charge is -1.98. The molecule has 0 aromatic carbocycles. The summed E-state index contributed by atoms with van der Waals surface area (Å²) in [5.41, 5.74) is 8.27. The Balaban J connectivity index is 1.68. The van der Waals surface area contributed by atoms with E-state index in [-0.39, 0.29) is 12.5 Å². The summed E-state index contributed by atoms with van der Waals surface area (Å²) < 4.78 is 3.32. The fourth-order valence-corrected chi connectivity index (χ4v) is 2.66. The second-order valence-corrected chi connectivity index (χ2v) is 6.28. The molecule has 0 unspecified atom stereocenters. The molecule has 3 rings (SSSR count). The van der Waals surface area contributed by atoms with E-state index < -0.39 is 0 Å². The van der Waals surface area contributed by atoms with Crippen molar-refractivity contribution in [3.8, 4) is 11.8 Å². The summed E-state index contributed by atoms with van der Waals surface area (Å²) >= 11 is 6.61. The quantitative estimate of drug-likeness (QED) is 0.539. The Morgan fingerprint density at radius 2 is 2.30 bits per heavy atom. The number of hydrogen-bond donors (Lipinski definition) is 3. The second-order valence-electron chi connectivity index (χ2n) is 4.63. The Kier molecular flexibility index (Phi) is 4.41. The molecule has 3 aromatic heterocycles. The molecule has 0 radical (unpaired) electrons. The maximum Gasteiger partial charge on any atom is 0.268 e. The first-order chi connectivity index (χ1) is 11.1. The first kappa shape index (κ1) is 15.6. The van der Waals surface area contributed by atoms with Crippen molar-refractivity contribution in [3.05, 3.63) is 51.1 Å². The third-order valence-electron chi connectivity index (χ3n) is 3.09. The van der Waals surface area contributed by atoms with Gasteiger partial charge in [-0.3, -0.25) is 9.20 Å². The molecule has 8 heteroatoms. The SMILES string of the molecule is Nc1cccn2c(C#CCNC(=O)c3cc(Br)c(Br)[nH]3)cnc12. The molecular weight excluding hydrogens is 426 g/mol. The minimum Gasteiger partial charge on any atom is -0.396 e. The summed E-state index contributed by atoms with van der Waals surface area (Å²) in [6.07, 6.45) is 3.50. The highest BCUT2D eigenvalue weighted by molar-refractivity contribution is 9.13. The highest BCUT2D eigenvalue weighted by Gasteiger charge is 2.09. The van der Waals surface area contributed by atoms with Gasteiger partial charge < -0.3 is 16.0 Å². The van der Waals surface area contributed by atoms with Gasteiger partial charge in [0.2, 0.25) is 0 Å². The van der Waals surface area contributed by atoms with E-state index in [9.17, 15) is 4.79 Å². The Bertz CT molecular complexity index is 928. The van der Waals surface area contributed by atoms with Crippen LogP contribution in [0.3, 0.4) is 0 Å². The molecule has 1 amide bonds. The predicted octanol–water partition coefficient (Wildman–Crippen LogP) is 2.55. The molecule has 0 atom stereocenters. The van der Waals surface area contributed by atoms with Crippen LogP contribution in [-0.4, -0.2) is 26.8 Å². The minimum absolute atomic E-state index is 0.225. The highest BCUT2D eigenvalue weighted by atomic mass is 79.9. The van der Waals surface area contributed by atoms with Gasteiger partial charge in [0, 0.05) is 6.20 Å². The summed E-state index contributed by atoms with van der Waals surface area (Å²) in [6.45, 7) is 0.225. The van der Waals surface area contributed by atoms with Gasteiger partial charge in [-0.05, 0) is 56.0 Å². The van der Waals surface area contributed by atoms with E-state index in [1.165, 1.54) is 0 Å². The van der Waals surface area contributed by atoms with E-state index in [4.69, 9.17) is 5.73 Å². The van der Waals surface area contributed by atoms with Gasteiger partial charge >= 0.3 is 0 Å². The van der Waals surface area contributed by atoms with E-state index in [1.54, 1.807) is 18.3 Å². The maximum atomic E-state index is 11.9. The molecule has 0 saturated carbocycles. The molecule has 4 N–H and O–H groups in total. The zero-order valence-corrected chi connectivity index (χ0v) is 14.9. The lowest BCUT2D eigenvalue weighted by atomic mass is 10.4. The van der Waals surface area contributed by atoms with E-state index in [1.807, 2.05) is 16.7 Å². The van der Waals surface area contributed by atoms with E-state index in [0.717, 1.165) is 9.08 Å². The van der Waals surface area contributed by atoms with Gasteiger partial charge in [0.05, 0.1) is 27.5 Å². The first-order valence-electron chi connectivity index (χ1n) is 6.59. The Morgan fingerprint density at radius 3 is 3.04 bits per heavy atom. The summed E-state index contributed by atoms with van der Waals surface area (Å²) in [5, 5.41) is 2.72. The predicted molar refractivity (Wildman–Crippen MR) is 95.0 cm³/mol. The van der Waals surface area contributed by atoms with Gasteiger partial charge in [0.1, 0.15) is 11.4 Å². The summed E-state index contributed by atoms with van der Waals surface area (Å²) in [4.78, 5) is 19.1. The minimum atomic E-state index is -0.229. The normalized spacial score (nSPS) is 10.3. The van der Waals surface area contributed by atoms with Crippen molar-refractivity contribution in [2.45, 2.75) is 0 Å². The number of halogens is 2. The lowest BCUT2D eigenvalue weighted by molar-refractivity contribution is 0.0954. The molecule has 0 aliphatic heterocycles. The third-order valence-corrected chi connectivity index (χ3v) is 4.87. The maximum absolute atomic E-state index is 11.9. The van der Waals surface area contributed by atoms with Crippen LogP contribution in [0.25, 0.3) is 5.65 Å². The molecule has 0 aliphatic carbocycles. The molecule has 116 valence electrons. The van der Waals surface area contributed by atoms with Crippen molar-refractivity contribution < 1.29 is 4.79 Å². The molecule has 0 fully saturated rings. The number of carbonyl (C=O) groups excluding carboxylic acids is 1. The van der Waals surface area contributed by atoms with Crippen LogP contribution in [-0.2, 0) is 0 Å². The number of anilines is 1. The summed E-state index contributed by atoms with van der Waals surface area (Å²) in [6, 6.07) is 5.31. The van der Waals surface area contributed by atoms with Crippen molar-refractivity contribution in [1.82, 2.24) is 19.7 Å². The number of pyridine rings is 1. The number of nitrogens with two attached hydrogens (primary N) is 1. The van der Waals surface area contributed by atoms with Crippen LogP contribution in [0.4, 0.5) is 5.69 Å². The van der Waals surface area contributed by atoms with Crippen molar-refractivity contribution in [1.29, 1.82) is 0 Å². The second kappa shape index (κ2) is 6.48. The molecule has 6 nitrogen and oxygen atoms in total. The van der Waals surface area contributed by atoms with Gasteiger partial charge in [-0.25, -0.2) is 4.98 Å². The van der Waals surface area contributed by atoms with Crippen LogP contribution in [0.1, 0.15) is 16.2 Å². The average molecular weight is 437 g/mol. The number of rotatable bonds is 2. The van der Waals surface area contributed by atoms with Crippen LogP contribution in [0.2, 0.25) is 0 Å². The van der Waals surface area contributed by atoms with Crippen LogP contribution in [0.5, 0.6) is 0 Å². The number of carbonyl (C=O) groups is 1. The van der Waals surface area contributed by atoms with Gasteiger partial charge in [0.25, 0.3) is 5.91 Å². The Morgan fingerprint density at radius 1 is 1.48 bits per heavy atom. The third kappa shape index (κ3) is 3.25. The van der Waals surface area contributed by atoms with Crippen molar-refractivity contribution in [2.75, 3.05) is 12.3 Å². The monoisotopic (exact) mass is 435 g/mol. The molecular formula is C15H11Br2N5O. The van der Waals surface area contributed by atoms with E-state index >= 15 is 0 Å². The summed E-state index contributed by atoms with van der Waals surface area (Å²) in [5.74, 6) is 5.64. The number of hydrogen-bond acceptors (Lipinski definition) is 3. The van der Waals surface area contributed by atoms with Crippen LogP contribution in [0.15, 0.2) is 39.7 Å². The first-order valence-corrected chi connectivity index (χ1v) is 8.17. The number of imidazole rings is 1. The number of aromatic amines is 1. The van der Waals surface area contributed by atoms with Crippen LogP contribution >= 0.6 is 31.9 Å². The molecule has 0 spiro atoms. The molecule has 0 bridgehead atoms. The highest BCUT2D eigenvalue weighted by Crippen LogP contribution is 2.22. The molecule has 0 aliphatic rings. The fourth-order valence-electron chi connectivity index (χ4n) is 2.01. The number of nitrogens with one attached hydrogen (secondary N) is 2. The topological polar surface area (TPSA) is 88.2 Å². The van der Waals surface area contributed by atoms with Gasteiger partial charge in [-0.1, -0.05) is 5.92 Å². The van der Waals surface area contributed by atoms with Crippen molar-refractivity contribution in [2.24, 2.45) is 0 Å². The van der Waals surface area contributed by atoms with E-state index in [2.05, 4.69) is 59.0 Å². The van der Waals surface area contributed by atoms with Crippen LogP contribution < -0.4 is 11.1 Å². The Hall–Kier alpha value is -2.24. The Labute approximate surface area is 148 Å². The zero-order valence-electron chi connectivity index (χ0n) is 11.7. The smallest absolute Gasteiger partial charge is 0.268 e.